The van der Waals surface area contributed by atoms with Crippen molar-refractivity contribution in [3.63, 3.8) is 0 Å². The van der Waals surface area contributed by atoms with Crippen LogP contribution in [0.4, 0.5) is 0 Å². The van der Waals surface area contributed by atoms with Crippen LogP contribution in [0.25, 0.3) is 0 Å². The van der Waals surface area contributed by atoms with Crippen LogP contribution in [-0.4, -0.2) is 67.3 Å². The van der Waals surface area contributed by atoms with Crippen molar-refractivity contribution in [3.8, 4) is 11.5 Å². The molecule has 1 atom stereocenters. The number of rotatable bonds is 8. The molecule has 4 rings (SSSR count). The molecule has 0 N–H and O–H groups in total. The fourth-order valence-corrected chi connectivity index (χ4v) is 4.95. The van der Waals surface area contributed by atoms with Gasteiger partial charge in [0.1, 0.15) is 11.5 Å². The van der Waals surface area contributed by atoms with Gasteiger partial charge in [-0.15, -0.1) is 0 Å². The van der Waals surface area contributed by atoms with Gasteiger partial charge in [-0.3, -0.25) is 14.4 Å². The number of nitrogens with zero attached hydrogens (tertiary/aromatic N) is 2. The van der Waals surface area contributed by atoms with E-state index in [9.17, 15) is 14.4 Å². The Bertz CT molecular complexity index is 1000. The van der Waals surface area contributed by atoms with Crippen LogP contribution in [0.1, 0.15) is 42.5 Å². The molecular formula is C28H34N2O5. The van der Waals surface area contributed by atoms with Crippen LogP contribution in [0, 0.1) is 11.8 Å². The Morgan fingerprint density at radius 3 is 2.23 bits per heavy atom. The lowest BCUT2D eigenvalue weighted by atomic mass is 9.87. The van der Waals surface area contributed by atoms with Gasteiger partial charge in [-0.05, 0) is 62.1 Å². The lowest BCUT2D eigenvalue weighted by molar-refractivity contribution is -0.142. The molecule has 2 fully saturated rings. The van der Waals surface area contributed by atoms with Gasteiger partial charge >= 0.3 is 0 Å². The number of benzene rings is 2. The Labute approximate surface area is 207 Å². The number of likely N-dealkylation sites (tertiary alicyclic amines) is 2. The van der Waals surface area contributed by atoms with E-state index in [-0.39, 0.29) is 29.4 Å². The minimum absolute atomic E-state index is 0.0298. The van der Waals surface area contributed by atoms with Gasteiger partial charge in [0.2, 0.25) is 11.8 Å². The normalized spacial score (nSPS) is 18.7. The zero-order chi connectivity index (χ0) is 24.6. The Balaban J connectivity index is 1.23. The maximum Gasteiger partial charge on any atom is 0.227 e. The molecular weight excluding hydrogens is 444 g/mol. The highest BCUT2D eigenvalue weighted by Gasteiger charge is 2.34. The standard InChI is InChI=1S/C28H34N2O5/c1-34-24-11-9-21(10-12-24)27(32)22-13-17-29(18-14-22)28(33)23-6-5-16-30(20-23)26(31)15-19-35-25-7-3-2-4-8-25/h2-4,7-12,22-23H,5-6,13-20H2,1H3. The summed E-state index contributed by atoms with van der Waals surface area (Å²) < 4.78 is 10.8. The molecule has 2 aromatic carbocycles. The minimum Gasteiger partial charge on any atom is -0.497 e. The van der Waals surface area contributed by atoms with E-state index in [0.29, 0.717) is 57.6 Å². The largest absolute Gasteiger partial charge is 0.497 e. The summed E-state index contributed by atoms with van der Waals surface area (Å²) in [6.07, 6.45) is 3.27. The predicted octanol–water partition coefficient (Wildman–Crippen LogP) is 3.82. The van der Waals surface area contributed by atoms with Crippen LogP contribution in [0.3, 0.4) is 0 Å². The summed E-state index contributed by atoms with van der Waals surface area (Å²) in [7, 11) is 1.60. The van der Waals surface area contributed by atoms with Gasteiger partial charge in [-0.2, -0.15) is 0 Å². The number of carbonyl (C=O) groups excluding carboxylic acids is 3. The summed E-state index contributed by atoms with van der Waals surface area (Å²) in [6, 6.07) is 16.7. The van der Waals surface area contributed by atoms with Gasteiger partial charge in [0, 0.05) is 37.7 Å². The summed E-state index contributed by atoms with van der Waals surface area (Å²) in [5.41, 5.74) is 0.688. The number of amides is 2. The third-order valence-electron chi connectivity index (χ3n) is 7.00. The van der Waals surface area contributed by atoms with Crippen molar-refractivity contribution in [2.75, 3.05) is 39.9 Å². The van der Waals surface area contributed by atoms with E-state index in [0.717, 1.165) is 24.3 Å². The fraction of sp³-hybridized carbons (Fsp3) is 0.464. The number of hydrogen-bond acceptors (Lipinski definition) is 5. The minimum atomic E-state index is -0.170. The summed E-state index contributed by atoms with van der Waals surface area (Å²) in [6.45, 7) is 2.65. The quantitative estimate of drug-likeness (QED) is 0.539. The van der Waals surface area contributed by atoms with E-state index in [1.807, 2.05) is 35.2 Å². The van der Waals surface area contributed by atoms with Gasteiger partial charge in [0.05, 0.1) is 26.1 Å². The third-order valence-corrected chi connectivity index (χ3v) is 7.00. The van der Waals surface area contributed by atoms with Crippen LogP contribution < -0.4 is 9.47 Å². The molecule has 0 saturated carbocycles. The lowest BCUT2D eigenvalue weighted by Gasteiger charge is -2.37. The van der Waals surface area contributed by atoms with Crippen LogP contribution in [0.2, 0.25) is 0 Å². The monoisotopic (exact) mass is 478 g/mol. The number of hydrogen-bond donors (Lipinski definition) is 0. The number of carbonyl (C=O) groups is 3. The van der Waals surface area contributed by atoms with E-state index >= 15 is 0 Å². The van der Waals surface area contributed by atoms with Gasteiger partial charge in [0.25, 0.3) is 0 Å². The molecule has 0 bridgehead atoms. The SMILES string of the molecule is COc1ccc(C(=O)C2CCN(C(=O)C3CCCN(C(=O)CCOc4ccccc4)C3)CC2)cc1. The van der Waals surface area contributed by atoms with Gasteiger partial charge in [-0.25, -0.2) is 0 Å². The second-order valence-corrected chi connectivity index (χ2v) is 9.28. The molecule has 0 aromatic heterocycles. The van der Waals surface area contributed by atoms with E-state index in [1.54, 1.807) is 36.3 Å². The molecule has 7 nitrogen and oxygen atoms in total. The highest BCUT2D eigenvalue weighted by Crippen LogP contribution is 2.26. The zero-order valence-corrected chi connectivity index (χ0v) is 20.4. The first kappa shape index (κ1) is 24.8. The van der Waals surface area contributed by atoms with E-state index in [2.05, 4.69) is 0 Å². The molecule has 0 aliphatic carbocycles. The van der Waals surface area contributed by atoms with E-state index < -0.39 is 0 Å². The smallest absolute Gasteiger partial charge is 0.227 e. The Morgan fingerprint density at radius 2 is 1.54 bits per heavy atom. The second-order valence-electron chi connectivity index (χ2n) is 9.28. The van der Waals surface area contributed by atoms with Crippen LogP contribution in [0.5, 0.6) is 11.5 Å². The van der Waals surface area contributed by atoms with Crippen molar-refractivity contribution in [1.29, 1.82) is 0 Å². The topological polar surface area (TPSA) is 76.2 Å². The lowest BCUT2D eigenvalue weighted by Crippen LogP contribution is -2.49. The molecule has 186 valence electrons. The molecule has 0 spiro atoms. The van der Waals surface area contributed by atoms with Gasteiger partial charge in [0.15, 0.2) is 5.78 Å². The highest BCUT2D eigenvalue weighted by molar-refractivity contribution is 5.98. The molecule has 2 heterocycles. The zero-order valence-electron chi connectivity index (χ0n) is 20.4. The Kier molecular flexibility index (Phi) is 8.40. The van der Waals surface area contributed by atoms with Crippen molar-refractivity contribution in [1.82, 2.24) is 9.80 Å². The summed E-state index contributed by atoms with van der Waals surface area (Å²) in [5, 5.41) is 0. The molecule has 2 aliphatic rings. The summed E-state index contributed by atoms with van der Waals surface area (Å²) >= 11 is 0. The molecule has 7 heteroatoms. The van der Waals surface area contributed by atoms with Crippen molar-refractivity contribution in [3.05, 3.63) is 60.2 Å². The molecule has 2 aromatic rings. The first-order chi connectivity index (χ1) is 17.0. The van der Waals surface area contributed by atoms with Crippen LogP contribution in [0.15, 0.2) is 54.6 Å². The predicted molar refractivity (Wildman–Crippen MR) is 132 cm³/mol. The average Bonchev–Trinajstić information content (AvgIpc) is 2.93. The van der Waals surface area contributed by atoms with Crippen molar-refractivity contribution < 1.29 is 23.9 Å². The van der Waals surface area contributed by atoms with Crippen molar-refractivity contribution in [2.24, 2.45) is 11.8 Å². The molecule has 0 radical (unpaired) electrons. The third kappa shape index (κ3) is 6.41. The average molecular weight is 479 g/mol. The number of ether oxygens (including phenoxy) is 2. The van der Waals surface area contributed by atoms with Crippen LogP contribution >= 0.6 is 0 Å². The fourth-order valence-electron chi connectivity index (χ4n) is 4.95. The number of para-hydroxylation sites is 1. The number of methoxy groups -OCH3 is 1. The highest BCUT2D eigenvalue weighted by atomic mass is 16.5. The Morgan fingerprint density at radius 1 is 0.829 bits per heavy atom. The van der Waals surface area contributed by atoms with Crippen molar-refractivity contribution in [2.45, 2.75) is 32.1 Å². The van der Waals surface area contributed by atoms with Crippen LogP contribution in [-0.2, 0) is 9.59 Å². The molecule has 2 amide bonds. The van der Waals surface area contributed by atoms with Gasteiger partial charge < -0.3 is 19.3 Å². The summed E-state index contributed by atoms with van der Waals surface area (Å²) in [5.74, 6) is 1.51. The maximum atomic E-state index is 13.2. The molecule has 2 aliphatic heterocycles. The molecule has 1 unspecified atom stereocenters. The maximum absolute atomic E-state index is 13.2. The van der Waals surface area contributed by atoms with Crippen molar-refractivity contribution >= 4 is 17.6 Å². The number of Topliss-reactive ketones (excluding diaryl/α,β-unsaturated/α-hetero) is 1. The number of piperidine rings is 2. The van der Waals surface area contributed by atoms with E-state index in [4.69, 9.17) is 9.47 Å². The number of ketones is 1. The first-order valence-electron chi connectivity index (χ1n) is 12.5. The second kappa shape index (κ2) is 11.9. The molecule has 35 heavy (non-hydrogen) atoms. The summed E-state index contributed by atoms with van der Waals surface area (Å²) in [4.78, 5) is 42.5. The Hall–Kier alpha value is -3.35. The van der Waals surface area contributed by atoms with Gasteiger partial charge in [-0.1, -0.05) is 18.2 Å². The molecule has 2 saturated heterocycles. The first-order valence-corrected chi connectivity index (χ1v) is 12.5. The van der Waals surface area contributed by atoms with E-state index in [1.165, 1.54) is 0 Å².